The van der Waals surface area contributed by atoms with Crippen molar-refractivity contribution < 1.29 is 17.6 Å². The molecule has 2 aromatic carbocycles. The van der Waals surface area contributed by atoms with Gasteiger partial charge in [0, 0.05) is 40.6 Å². The van der Waals surface area contributed by atoms with Crippen LogP contribution in [-0.2, 0) is 27.6 Å². The minimum absolute atomic E-state index is 0.0523. The fraction of sp³-hybridized carbons (Fsp3) is 0.250. The van der Waals surface area contributed by atoms with E-state index >= 15 is 0 Å². The van der Waals surface area contributed by atoms with Crippen molar-refractivity contribution in [3.05, 3.63) is 64.0 Å². The van der Waals surface area contributed by atoms with Gasteiger partial charge in [0.2, 0.25) is 5.91 Å². The van der Waals surface area contributed by atoms with Crippen molar-refractivity contribution >= 4 is 42.6 Å². The summed E-state index contributed by atoms with van der Waals surface area (Å²) in [5, 5.41) is -0.215. The topological polar surface area (TPSA) is 70.2 Å². The first-order chi connectivity index (χ1) is 13.3. The molecule has 0 aliphatic carbocycles. The van der Waals surface area contributed by atoms with E-state index in [1.165, 1.54) is 19.1 Å². The minimum Gasteiger partial charge on any atom is -0.357 e. The molecule has 1 aliphatic heterocycles. The fourth-order valence-corrected chi connectivity index (χ4v) is 5.41. The van der Waals surface area contributed by atoms with Gasteiger partial charge in [-0.2, -0.15) is 0 Å². The van der Waals surface area contributed by atoms with Crippen LogP contribution in [-0.4, -0.2) is 36.0 Å². The molecule has 0 saturated carbocycles. The lowest BCUT2D eigenvalue weighted by Gasteiger charge is -2.29. The highest BCUT2D eigenvalue weighted by Crippen LogP contribution is 2.32. The van der Waals surface area contributed by atoms with E-state index in [2.05, 4.69) is 20.9 Å². The maximum atomic E-state index is 13.1. The Labute approximate surface area is 170 Å². The molecule has 5 nitrogen and oxygen atoms in total. The Hall–Kier alpha value is -2.19. The molecular weight excluding hydrogens is 447 g/mol. The van der Waals surface area contributed by atoms with Gasteiger partial charge in [-0.3, -0.25) is 4.79 Å². The third-order valence-corrected chi connectivity index (χ3v) is 7.95. The quantitative estimate of drug-likeness (QED) is 0.598. The molecular formula is C20H18BrFN2O3S. The van der Waals surface area contributed by atoms with Gasteiger partial charge < -0.3 is 9.88 Å². The molecule has 2 heterocycles. The molecule has 8 heteroatoms. The number of hydrogen-bond donors (Lipinski definition) is 1. The number of hydrogen-bond acceptors (Lipinski definition) is 3. The third kappa shape index (κ3) is 3.14. The number of aromatic nitrogens is 1. The summed E-state index contributed by atoms with van der Waals surface area (Å²) in [6.45, 7) is 2.19. The number of rotatable bonds is 3. The molecule has 1 amide bonds. The van der Waals surface area contributed by atoms with Gasteiger partial charge in [-0.05, 0) is 53.2 Å². The zero-order valence-electron chi connectivity index (χ0n) is 15.1. The maximum Gasteiger partial charge on any atom is 0.241 e. The number of carbonyl (C=O) groups excluding carboxylic acids is 1. The van der Waals surface area contributed by atoms with Crippen LogP contribution >= 0.6 is 15.9 Å². The Morgan fingerprint density at radius 2 is 1.93 bits per heavy atom. The number of fused-ring (bicyclic) bond motifs is 3. The van der Waals surface area contributed by atoms with Gasteiger partial charge in [-0.15, -0.1) is 0 Å². The number of sulfone groups is 1. The van der Waals surface area contributed by atoms with Crippen LogP contribution in [0.25, 0.3) is 10.9 Å². The van der Waals surface area contributed by atoms with Gasteiger partial charge in [-0.25, -0.2) is 12.8 Å². The van der Waals surface area contributed by atoms with Crippen molar-refractivity contribution in [1.29, 1.82) is 0 Å². The molecule has 146 valence electrons. The van der Waals surface area contributed by atoms with Crippen LogP contribution < -0.4 is 0 Å². The van der Waals surface area contributed by atoms with Gasteiger partial charge in [-0.1, -0.05) is 12.1 Å². The summed E-state index contributed by atoms with van der Waals surface area (Å²) < 4.78 is 39.7. The van der Waals surface area contributed by atoms with E-state index in [1.807, 2.05) is 18.2 Å². The smallest absolute Gasteiger partial charge is 0.241 e. The van der Waals surface area contributed by atoms with Gasteiger partial charge in [0.15, 0.2) is 9.84 Å². The standard InChI is InChI=1S/C20H18BrFN2O3S/c1-12(28(26,27)14-7-5-13(22)6-8-14)20(25)24-10-9-18-16(11-24)15-3-2-4-17(21)19(15)23-18/h2-8,12,23H,9-11H2,1H3. The summed E-state index contributed by atoms with van der Waals surface area (Å²) in [6.07, 6.45) is 0.630. The summed E-state index contributed by atoms with van der Waals surface area (Å²) >= 11 is 3.53. The molecule has 1 unspecified atom stereocenters. The number of halogens is 2. The number of H-pyrrole nitrogens is 1. The second-order valence-corrected chi connectivity index (χ2v) is 10.0. The zero-order chi connectivity index (χ0) is 20.1. The molecule has 0 bridgehead atoms. The molecule has 3 aromatic rings. The van der Waals surface area contributed by atoms with Crippen molar-refractivity contribution in [3.63, 3.8) is 0 Å². The maximum absolute atomic E-state index is 13.1. The largest absolute Gasteiger partial charge is 0.357 e. The summed E-state index contributed by atoms with van der Waals surface area (Å²) in [4.78, 5) is 17.9. The Kier molecular flexibility index (Phi) is 4.79. The highest BCUT2D eigenvalue weighted by atomic mass is 79.9. The van der Waals surface area contributed by atoms with E-state index in [-0.39, 0.29) is 4.90 Å². The number of para-hydroxylation sites is 1. The first-order valence-corrected chi connectivity index (χ1v) is 11.2. The van der Waals surface area contributed by atoms with Crippen molar-refractivity contribution in [2.75, 3.05) is 6.54 Å². The third-order valence-electron chi connectivity index (χ3n) is 5.23. The van der Waals surface area contributed by atoms with Crippen molar-refractivity contribution in [2.45, 2.75) is 30.0 Å². The molecule has 1 N–H and O–H groups in total. The molecule has 1 aliphatic rings. The number of nitrogens with one attached hydrogen (secondary N) is 1. The van der Waals surface area contributed by atoms with Crippen LogP contribution in [0.5, 0.6) is 0 Å². The lowest BCUT2D eigenvalue weighted by molar-refractivity contribution is -0.131. The summed E-state index contributed by atoms with van der Waals surface area (Å²) in [5.41, 5.74) is 3.07. The van der Waals surface area contributed by atoms with Gasteiger partial charge in [0.05, 0.1) is 10.4 Å². The number of aromatic amines is 1. The van der Waals surface area contributed by atoms with Crippen molar-refractivity contribution in [1.82, 2.24) is 9.88 Å². The van der Waals surface area contributed by atoms with E-state index in [1.54, 1.807) is 4.90 Å². The van der Waals surface area contributed by atoms with E-state index < -0.39 is 26.8 Å². The zero-order valence-corrected chi connectivity index (χ0v) is 17.5. The normalized spacial score (nSPS) is 15.5. The first-order valence-electron chi connectivity index (χ1n) is 8.85. The summed E-state index contributed by atoms with van der Waals surface area (Å²) in [7, 11) is -3.89. The Morgan fingerprint density at radius 1 is 1.21 bits per heavy atom. The molecule has 0 saturated heterocycles. The number of benzene rings is 2. The van der Waals surface area contributed by atoms with E-state index in [4.69, 9.17) is 0 Å². The molecule has 1 atom stereocenters. The lowest BCUT2D eigenvalue weighted by atomic mass is 10.0. The number of amides is 1. The monoisotopic (exact) mass is 464 g/mol. The average molecular weight is 465 g/mol. The van der Waals surface area contributed by atoms with Crippen LogP contribution in [0.3, 0.4) is 0 Å². The summed E-state index contributed by atoms with van der Waals surface area (Å²) in [6, 6.07) is 10.4. The van der Waals surface area contributed by atoms with E-state index in [0.717, 1.165) is 38.8 Å². The van der Waals surface area contributed by atoms with Gasteiger partial charge in [0.25, 0.3) is 0 Å². The Morgan fingerprint density at radius 3 is 2.64 bits per heavy atom. The Bertz CT molecular complexity index is 1170. The van der Waals surface area contributed by atoms with Crippen molar-refractivity contribution in [2.24, 2.45) is 0 Å². The predicted molar refractivity (Wildman–Crippen MR) is 108 cm³/mol. The average Bonchev–Trinajstić information content (AvgIpc) is 3.06. The lowest BCUT2D eigenvalue weighted by Crippen LogP contribution is -2.43. The molecule has 0 fully saturated rings. The molecule has 4 rings (SSSR count). The highest BCUT2D eigenvalue weighted by Gasteiger charge is 2.35. The number of nitrogens with zero attached hydrogens (tertiary/aromatic N) is 1. The number of carbonyl (C=O) groups is 1. The molecule has 0 spiro atoms. The SMILES string of the molecule is CC(C(=O)N1CCc2[nH]c3c(Br)cccc3c2C1)S(=O)(=O)c1ccc(F)cc1. The Balaban J connectivity index is 1.62. The van der Waals surface area contributed by atoms with Crippen LogP contribution in [0.4, 0.5) is 4.39 Å². The highest BCUT2D eigenvalue weighted by molar-refractivity contribution is 9.10. The fourth-order valence-electron chi connectivity index (χ4n) is 3.61. The second kappa shape index (κ2) is 7.00. The van der Waals surface area contributed by atoms with Crippen LogP contribution in [0.2, 0.25) is 0 Å². The van der Waals surface area contributed by atoms with Gasteiger partial charge >= 0.3 is 0 Å². The van der Waals surface area contributed by atoms with Gasteiger partial charge in [0.1, 0.15) is 11.1 Å². The predicted octanol–water partition coefficient (Wildman–Crippen LogP) is 3.82. The molecule has 0 radical (unpaired) electrons. The van der Waals surface area contributed by atoms with Crippen LogP contribution in [0.1, 0.15) is 18.2 Å². The minimum atomic E-state index is -3.89. The molecule has 28 heavy (non-hydrogen) atoms. The summed E-state index contributed by atoms with van der Waals surface area (Å²) in [5.74, 6) is -0.966. The van der Waals surface area contributed by atoms with Crippen LogP contribution in [0, 0.1) is 5.82 Å². The van der Waals surface area contributed by atoms with Crippen LogP contribution in [0.15, 0.2) is 51.8 Å². The molecule has 1 aromatic heterocycles. The second-order valence-electron chi connectivity index (χ2n) is 6.90. The first kappa shape index (κ1) is 19.1. The van der Waals surface area contributed by atoms with Crippen molar-refractivity contribution in [3.8, 4) is 0 Å². The van der Waals surface area contributed by atoms with E-state index in [9.17, 15) is 17.6 Å². The van der Waals surface area contributed by atoms with E-state index in [0.29, 0.717) is 19.5 Å².